The second-order valence-corrected chi connectivity index (χ2v) is 10.3. The second kappa shape index (κ2) is 13.8. The van der Waals surface area contributed by atoms with Crippen molar-refractivity contribution in [1.29, 1.82) is 0 Å². The van der Waals surface area contributed by atoms with Crippen LogP contribution in [-0.2, 0) is 38.2 Å². The number of nitrogens with one attached hydrogen (secondary N) is 3. The van der Waals surface area contributed by atoms with Gasteiger partial charge in [-0.05, 0) is 50.1 Å². The Kier molecular flexibility index (Phi) is 10.7. The van der Waals surface area contributed by atoms with Gasteiger partial charge in [0.1, 0.15) is 18.1 Å². The molecule has 1 saturated heterocycles. The van der Waals surface area contributed by atoms with E-state index in [4.69, 9.17) is 17.3 Å². The molecular formula is C28H33ClF3N5O4. The number of carbonyl (C=O) groups is 4. The smallest absolute Gasteiger partial charge is 0.368 e. The highest BCUT2D eigenvalue weighted by Crippen LogP contribution is 2.35. The number of halogens is 4. The number of carbonyl (C=O) groups excluding carboxylic acids is 4. The molecule has 0 saturated carbocycles. The van der Waals surface area contributed by atoms with Crippen LogP contribution in [-0.4, -0.2) is 66.3 Å². The summed E-state index contributed by atoms with van der Waals surface area (Å²) >= 11 is 5.88. The normalized spacial score (nSPS) is 17.4. The van der Waals surface area contributed by atoms with Gasteiger partial charge in [-0.1, -0.05) is 48.0 Å². The highest BCUT2D eigenvalue weighted by molar-refractivity contribution is 6.31. The lowest BCUT2D eigenvalue weighted by Gasteiger charge is -2.30. The van der Waals surface area contributed by atoms with Gasteiger partial charge in [-0.2, -0.15) is 13.2 Å². The zero-order valence-corrected chi connectivity index (χ0v) is 23.4. The number of likely N-dealkylation sites (N-methyl/N-ethyl adjacent to an activating group) is 1. The number of hydrogen-bond acceptors (Lipinski definition) is 5. The zero-order chi connectivity index (χ0) is 30.3. The Morgan fingerprint density at radius 1 is 1.02 bits per heavy atom. The van der Waals surface area contributed by atoms with Gasteiger partial charge in [-0.15, -0.1) is 0 Å². The van der Waals surface area contributed by atoms with Crippen molar-refractivity contribution < 1.29 is 32.3 Å². The van der Waals surface area contributed by atoms with Gasteiger partial charge in [0, 0.05) is 19.4 Å². The minimum atomic E-state index is -4.65. The average Bonchev–Trinajstić information content (AvgIpc) is 3.41. The van der Waals surface area contributed by atoms with Crippen molar-refractivity contribution in [1.82, 2.24) is 20.9 Å². The lowest BCUT2D eigenvalue weighted by atomic mass is 10.0. The van der Waals surface area contributed by atoms with E-state index in [-0.39, 0.29) is 24.9 Å². The maximum absolute atomic E-state index is 13.7. The molecule has 4 atom stereocenters. The van der Waals surface area contributed by atoms with Gasteiger partial charge in [-0.3, -0.25) is 19.2 Å². The highest BCUT2D eigenvalue weighted by atomic mass is 35.5. The fraction of sp³-hybridized carbons (Fsp3) is 0.429. The molecule has 5 N–H and O–H groups in total. The van der Waals surface area contributed by atoms with Crippen LogP contribution in [0.2, 0.25) is 5.02 Å². The lowest BCUT2D eigenvalue weighted by molar-refractivity contribution is -0.142. The van der Waals surface area contributed by atoms with Gasteiger partial charge in [0.25, 0.3) is 0 Å². The summed E-state index contributed by atoms with van der Waals surface area (Å²) in [6.45, 7) is 1.78. The van der Waals surface area contributed by atoms with Crippen LogP contribution in [0.1, 0.15) is 36.5 Å². The van der Waals surface area contributed by atoms with E-state index >= 15 is 0 Å². The largest absolute Gasteiger partial charge is 0.417 e. The molecule has 2 aromatic carbocycles. The Hall–Kier alpha value is -3.64. The third kappa shape index (κ3) is 8.43. The van der Waals surface area contributed by atoms with E-state index in [0.717, 1.165) is 17.7 Å². The molecule has 3 rings (SSSR count). The number of likely N-dealkylation sites (tertiary alicyclic amines) is 1. The van der Waals surface area contributed by atoms with E-state index in [2.05, 4.69) is 16.0 Å². The fourth-order valence-corrected chi connectivity index (χ4v) is 4.93. The van der Waals surface area contributed by atoms with E-state index in [0.29, 0.717) is 12.8 Å². The van der Waals surface area contributed by atoms with Crippen molar-refractivity contribution in [2.24, 2.45) is 5.73 Å². The molecule has 222 valence electrons. The van der Waals surface area contributed by atoms with Crippen molar-refractivity contribution in [3.05, 3.63) is 70.2 Å². The van der Waals surface area contributed by atoms with Crippen LogP contribution in [0.4, 0.5) is 13.2 Å². The van der Waals surface area contributed by atoms with E-state index in [1.54, 1.807) is 38.2 Å². The third-order valence-electron chi connectivity index (χ3n) is 7.00. The van der Waals surface area contributed by atoms with Crippen LogP contribution in [0.25, 0.3) is 0 Å². The van der Waals surface area contributed by atoms with Gasteiger partial charge in [0.05, 0.1) is 16.6 Å². The fourth-order valence-electron chi connectivity index (χ4n) is 4.62. The van der Waals surface area contributed by atoms with Crippen molar-refractivity contribution in [3.8, 4) is 0 Å². The van der Waals surface area contributed by atoms with Crippen LogP contribution < -0.4 is 21.7 Å². The Bertz CT molecular complexity index is 1260. The molecule has 1 aliphatic rings. The van der Waals surface area contributed by atoms with Gasteiger partial charge in [-0.25, -0.2) is 0 Å². The first-order valence-corrected chi connectivity index (χ1v) is 13.5. The zero-order valence-electron chi connectivity index (χ0n) is 22.6. The molecule has 0 spiro atoms. The molecule has 0 radical (unpaired) electrons. The monoisotopic (exact) mass is 595 g/mol. The predicted octanol–water partition coefficient (Wildman–Crippen LogP) is 2.20. The molecule has 1 aliphatic heterocycles. The number of hydrogen-bond donors (Lipinski definition) is 4. The molecule has 0 aromatic heterocycles. The molecule has 0 unspecified atom stereocenters. The lowest BCUT2D eigenvalue weighted by Crippen LogP contribution is -2.57. The standard InChI is InChI=1S/C28H33ClF3N5O4/c1-16(34-2)25(39)36-22(15-18-10-11-19(20(29)13-18)28(30,31)32)27(41)37-12-6-9-23(37)26(40)35-21(24(33)38)14-17-7-4-3-5-8-17/h3-5,7-8,10-11,13,16,21-23,34H,6,9,12,14-15H2,1-2H3,(H2,33,38)(H,35,40)(H,36,39)/t16-,21-,22-,23-/m0/s1. The first-order chi connectivity index (χ1) is 19.3. The number of rotatable bonds is 11. The van der Waals surface area contributed by atoms with Crippen molar-refractivity contribution in [2.75, 3.05) is 13.6 Å². The Balaban J connectivity index is 1.81. The second-order valence-electron chi connectivity index (χ2n) is 9.93. The van der Waals surface area contributed by atoms with Crippen molar-refractivity contribution in [2.45, 2.75) is 63.0 Å². The van der Waals surface area contributed by atoms with E-state index in [9.17, 15) is 32.3 Å². The van der Waals surface area contributed by atoms with Crippen LogP contribution in [0.3, 0.4) is 0 Å². The maximum atomic E-state index is 13.7. The van der Waals surface area contributed by atoms with E-state index in [1.165, 1.54) is 11.0 Å². The summed E-state index contributed by atoms with van der Waals surface area (Å²) in [5.74, 6) is -2.40. The summed E-state index contributed by atoms with van der Waals surface area (Å²) in [5.41, 5.74) is 5.59. The summed E-state index contributed by atoms with van der Waals surface area (Å²) < 4.78 is 39.5. The Morgan fingerprint density at radius 3 is 2.27 bits per heavy atom. The molecule has 9 nitrogen and oxygen atoms in total. The third-order valence-corrected chi connectivity index (χ3v) is 7.31. The summed E-state index contributed by atoms with van der Waals surface area (Å²) in [6.07, 6.45) is -3.85. The Morgan fingerprint density at radius 2 is 1.68 bits per heavy atom. The number of nitrogens with two attached hydrogens (primary N) is 1. The topological polar surface area (TPSA) is 134 Å². The molecule has 4 amide bonds. The molecule has 2 aromatic rings. The van der Waals surface area contributed by atoms with Crippen LogP contribution in [0.15, 0.2) is 48.5 Å². The number of primary amides is 1. The molecule has 0 bridgehead atoms. The average molecular weight is 596 g/mol. The predicted molar refractivity (Wildman–Crippen MR) is 147 cm³/mol. The summed E-state index contributed by atoms with van der Waals surface area (Å²) in [4.78, 5) is 53.1. The number of amides is 4. The maximum Gasteiger partial charge on any atom is 0.417 e. The first-order valence-electron chi connectivity index (χ1n) is 13.1. The number of benzene rings is 2. The molecular weight excluding hydrogens is 563 g/mol. The summed E-state index contributed by atoms with van der Waals surface area (Å²) in [6, 6.07) is 8.28. The number of nitrogens with zero attached hydrogens (tertiary/aromatic N) is 1. The van der Waals surface area contributed by atoms with Crippen molar-refractivity contribution in [3.63, 3.8) is 0 Å². The molecule has 1 fully saturated rings. The van der Waals surface area contributed by atoms with Crippen LogP contribution in [0, 0.1) is 0 Å². The molecule has 41 heavy (non-hydrogen) atoms. The minimum absolute atomic E-state index is 0.165. The quantitative estimate of drug-likeness (QED) is 0.316. The first kappa shape index (κ1) is 31.9. The van der Waals surface area contributed by atoms with Gasteiger partial charge >= 0.3 is 6.18 Å². The summed E-state index contributed by atoms with van der Waals surface area (Å²) in [5, 5.41) is 7.52. The van der Waals surface area contributed by atoms with Gasteiger partial charge in [0.2, 0.25) is 23.6 Å². The summed E-state index contributed by atoms with van der Waals surface area (Å²) in [7, 11) is 1.56. The van der Waals surface area contributed by atoms with E-state index < -0.39 is 64.6 Å². The van der Waals surface area contributed by atoms with E-state index in [1.807, 2.05) is 6.07 Å². The SMILES string of the molecule is CN[C@@H](C)C(=O)N[C@@H](Cc1ccc(C(F)(F)F)c(Cl)c1)C(=O)N1CCC[C@H]1C(=O)N[C@@H](Cc1ccccc1)C(N)=O. The van der Waals surface area contributed by atoms with Gasteiger partial charge in [0.15, 0.2) is 0 Å². The minimum Gasteiger partial charge on any atom is -0.368 e. The molecule has 13 heteroatoms. The van der Waals surface area contributed by atoms with Crippen molar-refractivity contribution >= 4 is 35.2 Å². The highest BCUT2D eigenvalue weighted by Gasteiger charge is 2.39. The molecule has 0 aliphatic carbocycles. The van der Waals surface area contributed by atoms with Gasteiger partial charge < -0.3 is 26.6 Å². The van der Waals surface area contributed by atoms with Crippen LogP contribution in [0.5, 0.6) is 0 Å². The molecule has 1 heterocycles. The Labute approximate surface area is 241 Å². The number of alkyl halides is 3. The van der Waals surface area contributed by atoms with Crippen LogP contribution >= 0.6 is 11.6 Å².